The van der Waals surface area contributed by atoms with Crippen molar-refractivity contribution >= 4 is 27.3 Å². The van der Waals surface area contributed by atoms with E-state index in [4.69, 9.17) is 0 Å². The molecule has 1 nitrogen and oxygen atoms in total. The molecular weight excluding hydrogens is 339 g/mol. The second kappa shape index (κ2) is 5.25. The molecule has 0 radical (unpaired) electrons. The van der Waals surface area contributed by atoms with Crippen molar-refractivity contribution in [3.05, 3.63) is 38.6 Å². The van der Waals surface area contributed by atoms with Gasteiger partial charge in [-0.25, -0.2) is 4.98 Å². The predicted molar refractivity (Wildman–Crippen MR) is 74.3 cm³/mol. The van der Waals surface area contributed by atoms with E-state index < -0.39 is 11.7 Å². The molecule has 1 heterocycles. The molecule has 1 aromatic heterocycles. The van der Waals surface area contributed by atoms with Gasteiger partial charge in [-0.15, -0.1) is 11.3 Å². The maximum Gasteiger partial charge on any atom is 0.416 e. The molecule has 0 bridgehead atoms. The van der Waals surface area contributed by atoms with E-state index in [0.29, 0.717) is 5.56 Å². The van der Waals surface area contributed by atoms with E-state index in [1.807, 2.05) is 13.8 Å². The summed E-state index contributed by atoms with van der Waals surface area (Å²) in [6.07, 6.45) is -4.30. The van der Waals surface area contributed by atoms with Crippen LogP contribution in [0, 0.1) is 0 Å². The quantitative estimate of drug-likeness (QED) is 0.676. The number of halogens is 4. The van der Waals surface area contributed by atoms with E-state index in [9.17, 15) is 13.2 Å². The van der Waals surface area contributed by atoms with Gasteiger partial charge in [0.2, 0.25) is 0 Å². The van der Waals surface area contributed by atoms with Crippen LogP contribution in [0.1, 0.15) is 30.2 Å². The number of hydrogen-bond acceptors (Lipinski definition) is 2. The molecular formula is C13H11BrF3NS. The number of hydrogen-bond donors (Lipinski definition) is 0. The van der Waals surface area contributed by atoms with Crippen molar-refractivity contribution in [3.63, 3.8) is 0 Å². The topological polar surface area (TPSA) is 12.9 Å². The summed E-state index contributed by atoms with van der Waals surface area (Å²) in [5.74, 6) is 0.279. The van der Waals surface area contributed by atoms with Crippen LogP contribution in [0.25, 0.3) is 11.3 Å². The molecule has 0 saturated heterocycles. The zero-order valence-electron chi connectivity index (χ0n) is 10.3. The number of benzene rings is 1. The van der Waals surface area contributed by atoms with E-state index >= 15 is 0 Å². The van der Waals surface area contributed by atoms with Crippen LogP contribution in [0.4, 0.5) is 13.2 Å². The minimum absolute atomic E-state index is 0.279. The van der Waals surface area contributed by atoms with Crippen LogP contribution < -0.4 is 0 Å². The fraction of sp³-hybridized carbons (Fsp3) is 0.308. The molecule has 2 rings (SSSR count). The normalized spacial score (nSPS) is 12.2. The van der Waals surface area contributed by atoms with Crippen molar-refractivity contribution in [1.82, 2.24) is 4.98 Å². The Balaban J connectivity index is 2.43. The van der Waals surface area contributed by atoms with Crippen LogP contribution >= 0.6 is 27.3 Å². The van der Waals surface area contributed by atoms with Crippen molar-refractivity contribution in [3.8, 4) is 11.3 Å². The average molecular weight is 350 g/mol. The summed E-state index contributed by atoms with van der Waals surface area (Å²) >= 11 is 4.83. The third kappa shape index (κ3) is 3.17. The second-order valence-electron chi connectivity index (χ2n) is 4.41. The van der Waals surface area contributed by atoms with Crippen LogP contribution in [-0.2, 0) is 6.18 Å². The van der Waals surface area contributed by atoms with Crippen LogP contribution in [-0.4, -0.2) is 4.98 Å². The van der Waals surface area contributed by atoms with E-state index in [1.165, 1.54) is 23.5 Å². The van der Waals surface area contributed by atoms with Gasteiger partial charge in [-0.3, -0.25) is 0 Å². The molecule has 0 saturated carbocycles. The Morgan fingerprint density at radius 1 is 1.16 bits per heavy atom. The van der Waals surface area contributed by atoms with E-state index in [0.717, 1.165) is 26.6 Å². The van der Waals surface area contributed by atoms with Gasteiger partial charge >= 0.3 is 6.18 Å². The molecule has 0 amide bonds. The Bertz CT molecular complexity index is 573. The van der Waals surface area contributed by atoms with E-state index in [-0.39, 0.29) is 5.92 Å². The number of aromatic nitrogens is 1. The molecule has 102 valence electrons. The number of alkyl halides is 3. The summed E-state index contributed by atoms with van der Waals surface area (Å²) < 4.78 is 38.3. The molecule has 2 aromatic rings. The Morgan fingerprint density at radius 2 is 1.74 bits per heavy atom. The van der Waals surface area contributed by atoms with Gasteiger partial charge in [0.25, 0.3) is 0 Å². The summed E-state index contributed by atoms with van der Waals surface area (Å²) in [7, 11) is 0. The lowest BCUT2D eigenvalue weighted by atomic mass is 10.0. The average Bonchev–Trinajstić information content (AvgIpc) is 2.70. The SMILES string of the molecule is CC(C)c1sc(Br)nc1-c1ccc(C(F)(F)F)cc1. The highest BCUT2D eigenvalue weighted by molar-refractivity contribution is 9.11. The first-order valence-electron chi connectivity index (χ1n) is 5.63. The molecule has 1 aromatic carbocycles. The van der Waals surface area contributed by atoms with E-state index in [1.54, 1.807) is 0 Å². The molecule has 6 heteroatoms. The molecule has 0 N–H and O–H groups in total. The maximum absolute atomic E-state index is 12.5. The van der Waals surface area contributed by atoms with Crippen molar-refractivity contribution < 1.29 is 13.2 Å². The lowest BCUT2D eigenvalue weighted by Gasteiger charge is -2.08. The Kier molecular flexibility index (Phi) is 4.01. The van der Waals surface area contributed by atoms with Crippen molar-refractivity contribution in [2.45, 2.75) is 25.9 Å². The molecule has 0 aliphatic rings. The van der Waals surface area contributed by atoms with Crippen molar-refractivity contribution in [1.29, 1.82) is 0 Å². The second-order valence-corrected chi connectivity index (χ2v) is 6.72. The van der Waals surface area contributed by atoms with Gasteiger partial charge in [0, 0.05) is 10.4 Å². The maximum atomic E-state index is 12.5. The molecule has 19 heavy (non-hydrogen) atoms. The molecule has 0 spiro atoms. The summed E-state index contributed by atoms with van der Waals surface area (Å²) in [5.41, 5.74) is 0.816. The van der Waals surface area contributed by atoms with Gasteiger partial charge in [-0.2, -0.15) is 13.2 Å². The van der Waals surface area contributed by atoms with Crippen molar-refractivity contribution in [2.75, 3.05) is 0 Å². The van der Waals surface area contributed by atoms with Gasteiger partial charge in [0.1, 0.15) is 0 Å². The van der Waals surface area contributed by atoms with Gasteiger partial charge in [-0.05, 0) is 34.0 Å². The summed E-state index contributed by atoms with van der Waals surface area (Å²) in [6, 6.07) is 5.12. The first kappa shape index (κ1) is 14.5. The van der Waals surface area contributed by atoms with Crippen LogP contribution in [0.2, 0.25) is 0 Å². The fourth-order valence-corrected chi connectivity index (χ4v) is 3.23. The molecule has 0 aliphatic carbocycles. The molecule has 0 atom stereocenters. The zero-order valence-corrected chi connectivity index (χ0v) is 12.7. The van der Waals surface area contributed by atoms with Gasteiger partial charge < -0.3 is 0 Å². The number of nitrogens with zero attached hydrogens (tertiary/aromatic N) is 1. The van der Waals surface area contributed by atoms with Crippen LogP contribution in [0.3, 0.4) is 0 Å². The highest BCUT2D eigenvalue weighted by Crippen LogP contribution is 2.37. The Labute approximate surface area is 121 Å². The third-order valence-electron chi connectivity index (χ3n) is 2.64. The first-order valence-corrected chi connectivity index (χ1v) is 7.24. The highest BCUT2D eigenvalue weighted by atomic mass is 79.9. The monoisotopic (exact) mass is 349 g/mol. The lowest BCUT2D eigenvalue weighted by molar-refractivity contribution is -0.137. The van der Waals surface area contributed by atoms with Crippen LogP contribution in [0.15, 0.2) is 28.2 Å². The van der Waals surface area contributed by atoms with Gasteiger partial charge in [0.15, 0.2) is 3.92 Å². The standard InChI is InChI=1S/C13H11BrF3NS/c1-7(2)11-10(18-12(14)19-11)8-3-5-9(6-4-8)13(15,16)17/h3-7H,1-2H3. The summed E-state index contributed by atoms with van der Waals surface area (Å²) in [5, 5.41) is 0. The van der Waals surface area contributed by atoms with Gasteiger partial charge in [0.05, 0.1) is 11.3 Å². The minimum atomic E-state index is -4.30. The Morgan fingerprint density at radius 3 is 2.21 bits per heavy atom. The summed E-state index contributed by atoms with van der Waals surface area (Å²) in [4.78, 5) is 5.41. The fourth-order valence-electron chi connectivity index (χ4n) is 1.72. The van der Waals surface area contributed by atoms with Crippen molar-refractivity contribution in [2.24, 2.45) is 0 Å². The zero-order chi connectivity index (χ0) is 14.2. The molecule has 0 fully saturated rings. The smallest absolute Gasteiger partial charge is 0.229 e. The lowest BCUT2D eigenvalue weighted by Crippen LogP contribution is -2.04. The predicted octanol–water partition coefficient (Wildman–Crippen LogP) is 5.71. The third-order valence-corrected chi connectivity index (χ3v) is 4.44. The summed E-state index contributed by atoms with van der Waals surface area (Å²) in [6.45, 7) is 4.07. The first-order chi connectivity index (χ1) is 8.79. The number of thiazole rings is 1. The Hall–Kier alpha value is -0.880. The molecule has 0 aliphatic heterocycles. The largest absolute Gasteiger partial charge is 0.416 e. The minimum Gasteiger partial charge on any atom is -0.229 e. The molecule has 0 unspecified atom stereocenters. The van der Waals surface area contributed by atoms with Crippen LogP contribution in [0.5, 0.6) is 0 Å². The van der Waals surface area contributed by atoms with E-state index in [2.05, 4.69) is 20.9 Å². The highest BCUT2D eigenvalue weighted by Gasteiger charge is 2.30. The van der Waals surface area contributed by atoms with Gasteiger partial charge in [-0.1, -0.05) is 26.0 Å². The number of rotatable bonds is 2.